The van der Waals surface area contributed by atoms with Crippen LogP contribution in [-0.2, 0) is 19.6 Å². The van der Waals surface area contributed by atoms with Crippen LogP contribution in [0.2, 0.25) is 5.02 Å². The molecule has 0 atom stereocenters. The zero-order valence-electron chi connectivity index (χ0n) is 14.5. The molecule has 1 amide bonds. The number of hydrogen-bond acceptors (Lipinski definition) is 4. The van der Waals surface area contributed by atoms with Gasteiger partial charge in [0.2, 0.25) is 15.9 Å². The SMILES string of the molecule is O=C1COC2(CCN(S(=O)(=O)c3ccc(Br)c(Cl)c3F)CC2)CN1C1CC1. The van der Waals surface area contributed by atoms with Crippen molar-refractivity contribution in [1.29, 1.82) is 0 Å². The Hall–Kier alpha value is -0.740. The summed E-state index contributed by atoms with van der Waals surface area (Å²) in [5, 5.41) is -0.251. The maximum atomic E-state index is 14.4. The Kier molecular flexibility index (Phi) is 5.04. The first-order valence-corrected chi connectivity index (χ1v) is 11.4. The van der Waals surface area contributed by atoms with Gasteiger partial charge in [0.1, 0.15) is 11.5 Å². The van der Waals surface area contributed by atoms with Gasteiger partial charge in [-0.2, -0.15) is 4.31 Å². The molecule has 148 valence electrons. The number of ether oxygens (including phenoxy) is 1. The van der Waals surface area contributed by atoms with Crippen LogP contribution in [0, 0.1) is 5.82 Å². The minimum atomic E-state index is -4.00. The number of rotatable bonds is 3. The summed E-state index contributed by atoms with van der Waals surface area (Å²) in [6.45, 7) is 0.966. The molecule has 2 aliphatic heterocycles. The van der Waals surface area contributed by atoms with Crippen LogP contribution >= 0.6 is 27.5 Å². The number of carbonyl (C=O) groups is 1. The van der Waals surface area contributed by atoms with Crippen LogP contribution in [0.1, 0.15) is 25.7 Å². The van der Waals surface area contributed by atoms with Gasteiger partial charge in [0.15, 0.2) is 5.82 Å². The topological polar surface area (TPSA) is 66.9 Å². The molecule has 0 aromatic heterocycles. The van der Waals surface area contributed by atoms with Crippen molar-refractivity contribution in [2.45, 2.75) is 42.2 Å². The van der Waals surface area contributed by atoms with E-state index in [0.29, 0.717) is 29.9 Å². The summed E-state index contributed by atoms with van der Waals surface area (Å²) < 4.78 is 47.6. The lowest BCUT2D eigenvalue weighted by atomic mass is 9.90. The van der Waals surface area contributed by atoms with E-state index in [1.165, 1.54) is 16.4 Å². The summed E-state index contributed by atoms with van der Waals surface area (Å²) in [5.41, 5.74) is -0.515. The highest BCUT2D eigenvalue weighted by atomic mass is 79.9. The number of hydrogen-bond donors (Lipinski definition) is 0. The van der Waals surface area contributed by atoms with E-state index in [9.17, 15) is 17.6 Å². The summed E-state index contributed by atoms with van der Waals surface area (Å²) in [4.78, 5) is 13.5. The standard InChI is InChI=1S/C17H19BrClFN2O4S/c18-12-3-4-13(16(20)15(12)19)27(24,25)21-7-5-17(6-8-21)10-22(11-1-2-11)14(23)9-26-17/h3-4,11H,1-2,5-10H2. The Morgan fingerprint density at radius 3 is 2.56 bits per heavy atom. The van der Waals surface area contributed by atoms with E-state index in [0.717, 1.165) is 12.8 Å². The molecule has 1 spiro atoms. The molecule has 0 N–H and O–H groups in total. The smallest absolute Gasteiger partial charge is 0.248 e. The van der Waals surface area contributed by atoms with E-state index in [4.69, 9.17) is 16.3 Å². The van der Waals surface area contributed by atoms with E-state index >= 15 is 0 Å². The van der Waals surface area contributed by atoms with Crippen molar-refractivity contribution in [2.24, 2.45) is 0 Å². The molecule has 10 heteroatoms. The van der Waals surface area contributed by atoms with Crippen molar-refractivity contribution < 1.29 is 22.3 Å². The molecular weight excluding hydrogens is 463 g/mol. The van der Waals surface area contributed by atoms with Crippen LogP contribution in [0.4, 0.5) is 4.39 Å². The van der Waals surface area contributed by atoms with Crippen molar-refractivity contribution in [3.8, 4) is 0 Å². The monoisotopic (exact) mass is 480 g/mol. The average Bonchev–Trinajstić information content (AvgIpc) is 3.47. The number of sulfonamides is 1. The highest BCUT2D eigenvalue weighted by molar-refractivity contribution is 9.10. The van der Waals surface area contributed by atoms with Crippen molar-refractivity contribution in [1.82, 2.24) is 9.21 Å². The molecule has 1 saturated carbocycles. The Balaban J connectivity index is 1.50. The fraction of sp³-hybridized carbons (Fsp3) is 0.588. The van der Waals surface area contributed by atoms with Gasteiger partial charge in [0.25, 0.3) is 0 Å². The van der Waals surface area contributed by atoms with E-state index in [-0.39, 0.29) is 30.6 Å². The van der Waals surface area contributed by atoms with Gasteiger partial charge in [0, 0.05) is 23.6 Å². The first kappa shape index (κ1) is 19.6. The normalized spacial score (nSPS) is 23.8. The number of benzene rings is 1. The van der Waals surface area contributed by atoms with Crippen molar-refractivity contribution in [2.75, 3.05) is 26.2 Å². The van der Waals surface area contributed by atoms with Gasteiger partial charge in [-0.05, 0) is 53.7 Å². The molecule has 0 unspecified atom stereocenters. The van der Waals surface area contributed by atoms with Gasteiger partial charge < -0.3 is 9.64 Å². The maximum absolute atomic E-state index is 14.4. The quantitative estimate of drug-likeness (QED) is 0.623. The number of halogens is 3. The lowest BCUT2D eigenvalue weighted by Gasteiger charge is -2.46. The summed E-state index contributed by atoms with van der Waals surface area (Å²) in [6, 6.07) is 2.95. The maximum Gasteiger partial charge on any atom is 0.248 e. The zero-order valence-corrected chi connectivity index (χ0v) is 17.6. The molecule has 0 radical (unpaired) electrons. The molecule has 1 aliphatic carbocycles. The Morgan fingerprint density at radius 1 is 1.26 bits per heavy atom. The highest BCUT2D eigenvalue weighted by Crippen LogP contribution is 2.38. The second kappa shape index (κ2) is 6.95. The molecule has 27 heavy (non-hydrogen) atoms. The van der Waals surface area contributed by atoms with Crippen LogP contribution in [0.3, 0.4) is 0 Å². The second-order valence-corrected chi connectivity index (χ2v) is 10.4. The van der Waals surface area contributed by atoms with Gasteiger partial charge in [-0.25, -0.2) is 12.8 Å². The Morgan fingerprint density at radius 2 is 1.93 bits per heavy atom. The predicted octanol–water partition coefficient (Wildman–Crippen LogP) is 2.79. The third kappa shape index (κ3) is 3.53. The minimum absolute atomic E-state index is 0.00440. The Bertz CT molecular complexity index is 885. The third-order valence-electron chi connectivity index (χ3n) is 5.52. The first-order chi connectivity index (χ1) is 12.7. The fourth-order valence-electron chi connectivity index (χ4n) is 3.74. The van der Waals surface area contributed by atoms with Crippen LogP contribution in [-0.4, -0.2) is 61.4 Å². The molecule has 2 saturated heterocycles. The fourth-order valence-corrected chi connectivity index (χ4v) is 5.78. The zero-order chi connectivity index (χ0) is 19.4. The largest absolute Gasteiger partial charge is 0.363 e. The van der Waals surface area contributed by atoms with E-state index in [1.807, 2.05) is 4.90 Å². The number of carbonyl (C=O) groups excluding carboxylic acids is 1. The molecule has 4 rings (SSSR count). The molecular formula is C17H19BrClFN2O4S. The number of morpholine rings is 1. The van der Waals surface area contributed by atoms with Gasteiger partial charge in [-0.3, -0.25) is 4.79 Å². The minimum Gasteiger partial charge on any atom is -0.363 e. The summed E-state index contributed by atoms with van der Waals surface area (Å²) >= 11 is 8.94. The van der Waals surface area contributed by atoms with E-state index in [2.05, 4.69) is 15.9 Å². The van der Waals surface area contributed by atoms with Crippen molar-refractivity contribution in [3.05, 3.63) is 27.4 Å². The number of nitrogens with zero attached hydrogens (tertiary/aromatic N) is 2. The van der Waals surface area contributed by atoms with Crippen LogP contribution in [0.15, 0.2) is 21.5 Å². The Labute approximate surface area is 170 Å². The molecule has 0 bridgehead atoms. The van der Waals surface area contributed by atoms with Crippen molar-refractivity contribution >= 4 is 43.5 Å². The number of amides is 1. The number of piperidine rings is 1. The summed E-state index contributed by atoms with van der Waals surface area (Å²) in [5.74, 6) is -0.949. The molecule has 3 fully saturated rings. The van der Waals surface area contributed by atoms with Crippen LogP contribution in [0.5, 0.6) is 0 Å². The average molecular weight is 482 g/mol. The van der Waals surface area contributed by atoms with Gasteiger partial charge >= 0.3 is 0 Å². The summed E-state index contributed by atoms with van der Waals surface area (Å²) in [6.07, 6.45) is 2.97. The molecule has 1 aromatic rings. The molecule has 1 aromatic carbocycles. The molecule has 3 aliphatic rings. The predicted molar refractivity (Wildman–Crippen MR) is 101 cm³/mol. The molecule has 2 heterocycles. The van der Waals surface area contributed by atoms with E-state index < -0.39 is 26.3 Å². The molecule has 6 nitrogen and oxygen atoms in total. The third-order valence-corrected chi connectivity index (χ3v) is 8.69. The van der Waals surface area contributed by atoms with Gasteiger partial charge in [0.05, 0.1) is 17.2 Å². The van der Waals surface area contributed by atoms with Crippen LogP contribution < -0.4 is 0 Å². The van der Waals surface area contributed by atoms with Crippen LogP contribution in [0.25, 0.3) is 0 Å². The van der Waals surface area contributed by atoms with E-state index in [1.54, 1.807) is 0 Å². The second-order valence-electron chi connectivity index (χ2n) is 7.30. The first-order valence-electron chi connectivity index (χ1n) is 8.81. The summed E-state index contributed by atoms with van der Waals surface area (Å²) in [7, 11) is -4.00. The highest BCUT2D eigenvalue weighted by Gasteiger charge is 2.47. The van der Waals surface area contributed by atoms with Gasteiger partial charge in [-0.15, -0.1) is 0 Å². The lowest BCUT2D eigenvalue weighted by molar-refractivity contribution is -0.170. The van der Waals surface area contributed by atoms with Gasteiger partial charge in [-0.1, -0.05) is 11.6 Å². The lowest BCUT2D eigenvalue weighted by Crippen LogP contribution is -2.59. The van der Waals surface area contributed by atoms with Crippen molar-refractivity contribution in [3.63, 3.8) is 0 Å².